The number of nitrogens with zero attached hydrogens (tertiary/aromatic N) is 1. The molecule has 5 heteroatoms. The van der Waals surface area contributed by atoms with E-state index in [0.29, 0.717) is 5.39 Å². The van der Waals surface area contributed by atoms with Crippen LogP contribution in [0.15, 0.2) is 29.2 Å². The van der Waals surface area contributed by atoms with Crippen LogP contribution in [0.4, 0.5) is 0 Å². The SMILES string of the molecule is CCOC(=O)c1cn([C@@H]2CCCC[C@@H]2O)c2ccc(C)cc2c1=O. The maximum atomic E-state index is 12.7. The average molecular weight is 329 g/mol. The highest BCUT2D eigenvalue weighted by Gasteiger charge is 2.27. The van der Waals surface area contributed by atoms with Gasteiger partial charge in [-0.05, 0) is 38.8 Å². The zero-order chi connectivity index (χ0) is 17.3. The molecule has 24 heavy (non-hydrogen) atoms. The van der Waals surface area contributed by atoms with Crippen LogP contribution < -0.4 is 5.43 Å². The summed E-state index contributed by atoms with van der Waals surface area (Å²) in [4.78, 5) is 24.9. The summed E-state index contributed by atoms with van der Waals surface area (Å²) >= 11 is 0. The van der Waals surface area contributed by atoms with Crippen LogP contribution >= 0.6 is 0 Å². The van der Waals surface area contributed by atoms with Gasteiger partial charge in [0.15, 0.2) is 0 Å². The quantitative estimate of drug-likeness (QED) is 0.879. The number of esters is 1. The van der Waals surface area contributed by atoms with Crippen molar-refractivity contribution < 1.29 is 14.6 Å². The molecule has 0 radical (unpaired) electrons. The summed E-state index contributed by atoms with van der Waals surface area (Å²) in [5, 5.41) is 10.9. The smallest absolute Gasteiger partial charge is 0.343 e. The number of hydrogen-bond donors (Lipinski definition) is 1. The van der Waals surface area contributed by atoms with E-state index in [0.717, 1.165) is 36.8 Å². The Morgan fingerprint density at radius 1 is 1.33 bits per heavy atom. The van der Waals surface area contributed by atoms with Gasteiger partial charge < -0.3 is 14.4 Å². The van der Waals surface area contributed by atoms with E-state index < -0.39 is 12.1 Å². The predicted octanol–water partition coefficient (Wildman–Crippen LogP) is 2.96. The van der Waals surface area contributed by atoms with Crippen LogP contribution in [-0.2, 0) is 4.74 Å². The third-order valence-corrected chi connectivity index (χ3v) is 4.73. The minimum absolute atomic E-state index is 0.0349. The van der Waals surface area contributed by atoms with Gasteiger partial charge in [0.05, 0.1) is 24.3 Å². The molecule has 0 spiro atoms. The van der Waals surface area contributed by atoms with E-state index in [1.165, 1.54) is 0 Å². The molecule has 1 aliphatic carbocycles. The molecule has 1 fully saturated rings. The number of carbonyl (C=O) groups is 1. The van der Waals surface area contributed by atoms with Crippen LogP contribution in [0.3, 0.4) is 0 Å². The molecule has 1 saturated carbocycles. The molecular formula is C19H23NO4. The Hall–Kier alpha value is -2.14. The highest BCUT2D eigenvalue weighted by atomic mass is 16.5. The molecule has 3 rings (SSSR count). The summed E-state index contributed by atoms with van der Waals surface area (Å²) in [5.74, 6) is -0.607. The van der Waals surface area contributed by atoms with Gasteiger partial charge in [-0.1, -0.05) is 24.5 Å². The molecule has 1 aliphatic rings. The monoisotopic (exact) mass is 329 g/mol. The third-order valence-electron chi connectivity index (χ3n) is 4.73. The lowest BCUT2D eigenvalue weighted by Crippen LogP contribution is -2.30. The van der Waals surface area contributed by atoms with Crippen molar-refractivity contribution >= 4 is 16.9 Å². The van der Waals surface area contributed by atoms with E-state index in [9.17, 15) is 14.7 Å². The second-order valence-electron chi connectivity index (χ2n) is 6.44. The molecule has 5 nitrogen and oxygen atoms in total. The molecule has 1 heterocycles. The molecular weight excluding hydrogens is 306 g/mol. The number of pyridine rings is 1. The van der Waals surface area contributed by atoms with Crippen LogP contribution in [0.25, 0.3) is 10.9 Å². The lowest BCUT2D eigenvalue weighted by atomic mass is 9.91. The minimum Gasteiger partial charge on any atom is -0.462 e. The molecule has 1 aromatic carbocycles. The number of fused-ring (bicyclic) bond motifs is 1. The van der Waals surface area contributed by atoms with Gasteiger partial charge in [0.25, 0.3) is 0 Å². The lowest BCUT2D eigenvalue weighted by Gasteiger charge is -2.31. The van der Waals surface area contributed by atoms with Crippen molar-refractivity contribution in [2.24, 2.45) is 0 Å². The summed E-state index contributed by atoms with van der Waals surface area (Å²) in [7, 11) is 0. The van der Waals surface area contributed by atoms with Gasteiger partial charge in [0.1, 0.15) is 5.56 Å². The van der Waals surface area contributed by atoms with Crippen molar-refractivity contribution in [1.82, 2.24) is 4.57 Å². The zero-order valence-electron chi connectivity index (χ0n) is 14.1. The molecule has 0 saturated heterocycles. The maximum Gasteiger partial charge on any atom is 0.343 e. The van der Waals surface area contributed by atoms with Crippen molar-refractivity contribution in [2.45, 2.75) is 51.7 Å². The van der Waals surface area contributed by atoms with Gasteiger partial charge in [0, 0.05) is 11.6 Å². The number of carbonyl (C=O) groups excluding carboxylic acids is 1. The normalized spacial score (nSPS) is 21.0. The van der Waals surface area contributed by atoms with Gasteiger partial charge in [-0.15, -0.1) is 0 Å². The lowest BCUT2D eigenvalue weighted by molar-refractivity contribution is 0.0519. The Labute approximate surface area is 140 Å². The highest BCUT2D eigenvalue weighted by Crippen LogP contribution is 2.31. The van der Waals surface area contributed by atoms with Gasteiger partial charge >= 0.3 is 5.97 Å². The number of ether oxygens (including phenoxy) is 1. The van der Waals surface area contributed by atoms with Crippen LogP contribution in [-0.4, -0.2) is 28.4 Å². The first-order chi connectivity index (χ1) is 11.5. The summed E-state index contributed by atoms with van der Waals surface area (Å²) in [6.07, 6.45) is 4.68. The van der Waals surface area contributed by atoms with E-state index in [1.807, 2.05) is 23.6 Å². The Bertz CT molecular complexity index is 824. The molecule has 1 aromatic heterocycles. The molecule has 0 aliphatic heterocycles. The fourth-order valence-electron chi connectivity index (χ4n) is 3.51. The van der Waals surface area contributed by atoms with Crippen molar-refractivity contribution in [3.05, 3.63) is 45.7 Å². The molecule has 128 valence electrons. The second-order valence-corrected chi connectivity index (χ2v) is 6.44. The van der Waals surface area contributed by atoms with Crippen LogP contribution in [0.2, 0.25) is 0 Å². The summed E-state index contributed by atoms with van der Waals surface area (Å²) in [6, 6.07) is 5.50. The summed E-state index contributed by atoms with van der Waals surface area (Å²) in [5.41, 5.74) is 1.43. The van der Waals surface area contributed by atoms with Crippen LogP contribution in [0, 0.1) is 6.92 Å². The number of aliphatic hydroxyl groups excluding tert-OH is 1. The molecule has 2 atom stereocenters. The number of benzene rings is 1. The van der Waals surface area contributed by atoms with Gasteiger partial charge in [-0.25, -0.2) is 4.79 Å². The largest absolute Gasteiger partial charge is 0.462 e. The van der Waals surface area contributed by atoms with E-state index in [1.54, 1.807) is 19.2 Å². The number of aryl methyl sites for hydroxylation is 1. The highest BCUT2D eigenvalue weighted by molar-refractivity contribution is 5.94. The third kappa shape index (κ3) is 2.96. The van der Waals surface area contributed by atoms with Crippen molar-refractivity contribution in [2.75, 3.05) is 6.61 Å². The van der Waals surface area contributed by atoms with E-state index >= 15 is 0 Å². The first kappa shape index (κ1) is 16.7. The number of hydrogen-bond acceptors (Lipinski definition) is 4. The number of rotatable bonds is 3. The summed E-state index contributed by atoms with van der Waals surface area (Å²) in [6.45, 7) is 3.85. The molecule has 2 aromatic rings. The van der Waals surface area contributed by atoms with Gasteiger partial charge in [-0.3, -0.25) is 4.79 Å². The maximum absolute atomic E-state index is 12.7. The molecule has 1 N–H and O–H groups in total. The average Bonchev–Trinajstić information content (AvgIpc) is 2.56. The predicted molar refractivity (Wildman–Crippen MR) is 92.4 cm³/mol. The first-order valence-electron chi connectivity index (χ1n) is 8.53. The Morgan fingerprint density at radius 2 is 2.08 bits per heavy atom. The fourth-order valence-corrected chi connectivity index (χ4v) is 3.51. The molecule has 0 amide bonds. The Balaban J connectivity index is 2.25. The second kappa shape index (κ2) is 6.77. The summed E-state index contributed by atoms with van der Waals surface area (Å²) < 4.78 is 6.94. The van der Waals surface area contributed by atoms with Crippen LogP contribution in [0.5, 0.6) is 0 Å². The topological polar surface area (TPSA) is 68.5 Å². The number of aliphatic hydroxyl groups is 1. The zero-order valence-corrected chi connectivity index (χ0v) is 14.1. The Morgan fingerprint density at radius 3 is 2.79 bits per heavy atom. The molecule has 0 unspecified atom stereocenters. The van der Waals surface area contributed by atoms with Crippen molar-refractivity contribution in [1.29, 1.82) is 0 Å². The first-order valence-corrected chi connectivity index (χ1v) is 8.53. The van der Waals surface area contributed by atoms with Crippen molar-refractivity contribution in [3.63, 3.8) is 0 Å². The van der Waals surface area contributed by atoms with Crippen molar-refractivity contribution in [3.8, 4) is 0 Å². The number of aromatic nitrogens is 1. The minimum atomic E-state index is -0.607. The van der Waals surface area contributed by atoms with E-state index in [-0.39, 0.29) is 23.6 Å². The van der Waals surface area contributed by atoms with Gasteiger partial charge in [-0.2, -0.15) is 0 Å². The fraction of sp³-hybridized carbons (Fsp3) is 0.474. The van der Waals surface area contributed by atoms with Gasteiger partial charge in [0.2, 0.25) is 5.43 Å². The standard InChI is InChI=1S/C19H23NO4/c1-3-24-19(23)14-11-20(16-6-4-5-7-17(16)21)15-9-8-12(2)10-13(15)18(14)22/h8-11,16-17,21H,3-7H2,1-2H3/t16-,17+/m1/s1. The van der Waals surface area contributed by atoms with E-state index in [4.69, 9.17) is 4.74 Å². The molecule has 0 bridgehead atoms. The van der Waals surface area contributed by atoms with E-state index in [2.05, 4.69) is 0 Å². The Kier molecular flexibility index (Phi) is 4.71. The van der Waals surface area contributed by atoms with Crippen LogP contribution in [0.1, 0.15) is 54.6 Å².